The van der Waals surface area contributed by atoms with Crippen LogP contribution >= 0.6 is 11.6 Å². The smallest absolute Gasteiger partial charge is 0.116 e. The summed E-state index contributed by atoms with van der Waals surface area (Å²) < 4.78 is 2.33. The van der Waals surface area contributed by atoms with Gasteiger partial charge >= 0.3 is 0 Å². The van der Waals surface area contributed by atoms with Gasteiger partial charge in [0.15, 0.2) is 0 Å². The second-order valence-corrected chi connectivity index (χ2v) is 8.63. The van der Waals surface area contributed by atoms with Crippen LogP contribution in [0.3, 0.4) is 0 Å². The zero-order valence-electron chi connectivity index (χ0n) is 17.8. The Hall–Kier alpha value is -3.89. The number of hydrogen-bond donors (Lipinski definition) is 3. The molecule has 6 aromatic rings. The number of fused-ring (bicyclic) bond motifs is 5. The lowest BCUT2D eigenvalue weighted by atomic mass is 9.97. The maximum atomic E-state index is 10.3. The van der Waals surface area contributed by atoms with Gasteiger partial charge in [-0.05, 0) is 48.0 Å². The maximum Gasteiger partial charge on any atom is 0.116 e. The van der Waals surface area contributed by atoms with Gasteiger partial charge in [-0.15, -0.1) is 0 Å². The van der Waals surface area contributed by atoms with Crippen molar-refractivity contribution in [3.8, 4) is 16.9 Å². The van der Waals surface area contributed by atoms with E-state index in [0.29, 0.717) is 0 Å². The molecule has 2 heterocycles. The molecule has 0 amide bonds. The lowest BCUT2D eigenvalue weighted by molar-refractivity contribution is 0.476. The molecule has 0 bridgehead atoms. The summed E-state index contributed by atoms with van der Waals surface area (Å²) in [5.41, 5.74) is 5.41. The van der Waals surface area contributed by atoms with Crippen molar-refractivity contribution in [1.82, 2.24) is 9.55 Å². The molecule has 0 unspecified atom stereocenters. The fourth-order valence-electron chi connectivity index (χ4n) is 4.81. The predicted molar refractivity (Wildman–Crippen MR) is 138 cm³/mol. The minimum Gasteiger partial charge on any atom is -0.508 e. The molecule has 0 saturated carbocycles. The number of phenolic OH excluding ortho intramolecular Hbond substituents is 1. The molecule has 4 nitrogen and oxygen atoms in total. The molecule has 0 fully saturated rings. The number of benzene rings is 4. The molecular weight excluding hydrogens is 430 g/mol. The van der Waals surface area contributed by atoms with Crippen molar-refractivity contribution in [2.24, 2.45) is 0 Å². The van der Waals surface area contributed by atoms with Gasteiger partial charge < -0.3 is 20.0 Å². The number of nitrogens with zero attached hydrogens (tertiary/aromatic N) is 1. The van der Waals surface area contributed by atoms with E-state index in [1.807, 2.05) is 60.9 Å². The summed E-state index contributed by atoms with van der Waals surface area (Å²) in [4.78, 5) is 3.29. The van der Waals surface area contributed by atoms with E-state index < -0.39 is 0 Å². The Morgan fingerprint density at radius 1 is 0.788 bits per heavy atom. The standard InChI is InChI=1S/C28H22ClN3O/c29-25-9-5-4-8-20(25)21-15-27-28(24-17-30-16-23(21)24)22-14-19(33)10-11-26(22)32(27)13-12-31-18-6-2-1-3-7-18/h1-11,14-17,30-31,33H,12-13H2. The normalized spacial score (nSPS) is 11.5. The molecular formula is C28H22ClN3O. The first-order valence-electron chi connectivity index (χ1n) is 11.0. The number of halogens is 1. The van der Waals surface area contributed by atoms with Crippen LogP contribution in [0, 0.1) is 0 Å². The molecule has 33 heavy (non-hydrogen) atoms. The number of aromatic nitrogens is 2. The summed E-state index contributed by atoms with van der Waals surface area (Å²) >= 11 is 6.61. The maximum absolute atomic E-state index is 10.3. The second kappa shape index (κ2) is 7.91. The Morgan fingerprint density at radius 3 is 2.42 bits per heavy atom. The van der Waals surface area contributed by atoms with Gasteiger partial charge in [-0.2, -0.15) is 0 Å². The van der Waals surface area contributed by atoms with Crippen LogP contribution in [0.2, 0.25) is 5.02 Å². The number of aromatic hydroxyl groups is 1. The molecule has 3 N–H and O–H groups in total. The van der Waals surface area contributed by atoms with Gasteiger partial charge in [0.05, 0.1) is 5.52 Å². The van der Waals surface area contributed by atoms with Gasteiger partial charge in [-0.25, -0.2) is 0 Å². The summed E-state index contributed by atoms with van der Waals surface area (Å²) in [6.07, 6.45) is 4.06. The van der Waals surface area contributed by atoms with E-state index in [1.165, 1.54) is 0 Å². The number of H-pyrrole nitrogens is 1. The lowest BCUT2D eigenvalue weighted by Gasteiger charge is -2.12. The Labute approximate surface area is 196 Å². The van der Waals surface area contributed by atoms with Gasteiger partial charge in [0.1, 0.15) is 5.75 Å². The van der Waals surface area contributed by atoms with Gasteiger partial charge in [0, 0.05) is 68.8 Å². The van der Waals surface area contributed by atoms with Crippen LogP contribution in [0.25, 0.3) is 43.7 Å². The Bertz CT molecular complexity index is 1620. The van der Waals surface area contributed by atoms with E-state index in [-0.39, 0.29) is 5.75 Å². The zero-order chi connectivity index (χ0) is 22.4. The van der Waals surface area contributed by atoms with Crippen molar-refractivity contribution >= 4 is 49.9 Å². The lowest BCUT2D eigenvalue weighted by Crippen LogP contribution is -2.10. The molecule has 0 aliphatic carbocycles. The third-order valence-electron chi connectivity index (χ3n) is 6.28. The number of aromatic amines is 1. The fraction of sp³-hybridized carbons (Fsp3) is 0.0714. The van der Waals surface area contributed by atoms with Gasteiger partial charge in [-0.1, -0.05) is 48.0 Å². The Morgan fingerprint density at radius 2 is 1.58 bits per heavy atom. The summed E-state index contributed by atoms with van der Waals surface area (Å²) in [5.74, 6) is 0.267. The van der Waals surface area contributed by atoms with Crippen LogP contribution in [0.4, 0.5) is 5.69 Å². The van der Waals surface area contributed by atoms with Crippen molar-refractivity contribution in [3.63, 3.8) is 0 Å². The van der Waals surface area contributed by atoms with Crippen molar-refractivity contribution < 1.29 is 5.11 Å². The SMILES string of the molecule is Oc1ccc2c(c1)c1c3c[nH]cc3c(-c3ccccc3Cl)cc1n2CCNc1ccccc1. The number of hydrogen-bond acceptors (Lipinski definition) is 2. The van der Waals surface area contributed by atoms with E-state index >= 15 is 0 Å². The van der Waals surface area contributed by atoms with Crippen LogP contribution < -0.4 is 5.32 Å². The number of anilines is 1. The molecule has 2 aromatic heterocycles. The molecule has 5 heteroatoms. The highest BCUT2D eigenvalue weighted by Crippen LogP contribution is 2.42. The molecule has 0 saturated heterocycles. The van der Waals surface area contributed by atoms with Crippen LogP contribution in [0.15, 0.2) is 91.3 Å². The average molecular weight is 452 g/mol. The van der Waals surface area contributed by atoms with Gasteiger partial charge in [0.25, 0.3) is 0 Å². The zero-order valence-corrected chi connectivity index (χ0v) is 18.6. The quantitative estimate of drug-likeness (QED) is 0.255. The Balaban J connectivity index is 1.58. The van der Waals surface area contributed by atoms with E-state index in [1.54, 1.807) is 6.07 Å². The van der Waals surface area contributed by atoms with Crippen molar-refractivity contribution in [3.05, 3.63) is 96.3 Å². The van der Waals surface area contributed by atoms with Crippen LogP contribution in [-0.4, -0.2) is 21.2 Å². The molecule has 0 atom stereocenters. The first kappa shape index (κ1) is 19.8. The second-order valence-electron chi connectivity index (χ2n) is 8.23. The minimum atomic E-state index is 0.267. The monoisotopic (exact) mass is 451 g/mol. The largest absolute Gasteiger partial charge is 0.508 e. The molecule has 0 aliphatic heterocycles. The molecule has 162 valence electrons. The Kier molecular flexibility index (Phi) is 4.74. The molecule has 0 spiro atoms. The molecule has 0 radical (unpaired) electrons. The van der Waals surface area contributed by atoms with Gasteiger partial charge in [-0.3, -0.25) is 0 Å². The first-order chi connectivity index (χ1) is 16.2. The highest BCUT2D eigenvalue weighted by atomic mass is 35.5. The topological polar surface area (TPSA) is 53.0 Å². The predicted octanol–water partition coefficient (Wildman–Crippen LogP) is 7.41. The highest BCUT2D eigenvalue weighted by molar-refractivity contribution is 6.34. The first-order valence-corrected chi connectivity index (χ1v) is 11.4. The van der Waals surface area contributed by atoms with E-state index in [2.05, 4.69) is 39.1 Å². The minimum absolute atomic E-state index is 0.267. The van der Waals surface area contributed by atoms with Crippen molar-refractivity contribution in [2.45, 2.75) is 6.54 Å². The fourth-order valence-corrected chi connectivity index (χ4v) is 5.05. The molecule has 4 aromatic carbocycles. The molecule has 6 rings (SSSR count). The number of nitrogens with one attached hydrogen (secondary N) is 2. The number of rotatable bonds is 5. The summed E-state index contributed by atoms with van der Waals surface area (Å²) in [5, 5.41) is 18.9. The van der Waals surface area contributed by atoms with Crippen molar-refractivity contribution in [1.29, 1.82) is 0 Å². The van der Waals surface area contributed by atoms with E-state index in [4.69, 9.17) is 11.6 Å². The summed E-state index contributed by atoms with van der Waals surface area (Å²) in [6, 6.07) is 26.0. The number of phenols is 1. The highest BCUT2D eigenvalue weighted by Gasteiger charge is 2.18. The van der Waals surface area contributed by atoms with Crippen molar-refractivity contribution in [2.75, 3.05) is 11.9 Å². The average Bonchev–Trinajstić information content (AvgIpc) is 3.43. The van der Waals surface area contributed by atoms with E-state index in [9.17, 15) is 5.11 Å². The van der Waals surface area contributed by atoms with Crippen LogP contribution in [0.5, 0.6) is 5.75 Å². The van der Waals surface area contributed by atoms with Crippen LogP contribution in [-0.2, 0) is 6.54 Å². The number of para-hydroxylation sites is 1. The van der Waals surface area contributed by atoms with Crippen LogP contribution in [0.1, 0.15) is 0 Å². The summed E-state index contributed by atoms with van der Waals surface area (Å²) in [7, 11) is 0. The summed E-state index contributed by atoms with van der Waals surface area (Å²) in [6.45, 7) is 1.55. The third kappa shape index (κ3) is 3.31. The van der Waals surface area contributed by atoms with E-state index in [0.717, 1.165) is 67.5 Å². The third-order valence-corrected chi connectivity index (χ3v) is 6.61. The molecule has 0 aliphatic rings. The van der Waals surface area contributed by atoms with Gasteiger partial charge in [0.2, 0.25) is 0 Å².